The number of benzene rings is 1. The summed E-state index contributed by atoms with van der Waals surface area (Å²) in [4.78, 5) is 13.5. The molecule has 0 aromatic heterocycles. The molecule has 5 nitrogen and oxygen atoms in total. The normalized spacial score (nSPS) is 10.5. The number of nitrogens with zero attached hydrogens (tertiary/aromatic N) is 1. The second-order valence-electron chi connectivity index (χ2n) is 4.51. The SMILES string of the molecule is CN(C)CCOCCNC(=O)NCc1ccccc1. The van der Waals surface area contributed by atoms with Crippen molar-refractivity contribution in [3.63, 3.8) is 0 Å². The number of urea groups is 1. The molecular weight excluding hydrogens is 242 g/mol. The lowest BCUT2D eigenvalue weighted by molar-refractivity contribution is 0.120. The molecule has 1 aromatic rings. The van der Waals surface area contributed by atoms with Gasteiger partial charge in [-0.15, -0.1) is 0 Å². The highest BCUT2D eigenvalue weighted by atomic mass is 16.5. The molecule has 0 bridgehead atoms. The molecule has 2 N–H and O–H groups in total. The van der Waals surface area contributed by atoms with E-state index in [-0.39, 0.29) is 6.03 Å². The summed E-state index contributed by atoms with van der Waals surface area (Å²) in [6.45, 7) is 3.16. The van der Waals surface area contributed by atoms with Gasteiger partial charge in [-0.3, -0.25) is 0 Å². The number of nitrogens with one attached hydrogen (secondary N) is 2. The van der Waals surface area contributed by atoms with Crippen molar-refractivity contribution in [2.75, 3.05) is 40.4 Å². The van der Waals surface area contributed by atoms with Gasteiger partial charge >= 0.3 is 6.03 Å². The van der Waals surface area contributed by atoms with E-state index in [4.69, 9.17) is 4.74 Å². The highest BCUT2D eigenvalue weighted by Crippen LogP contribution is 1.96. The van der Waals surface area contributed by atoms with Crippen molar-refractivity contribution < 1.29 is 9.53 Å². The number of likely N-dealkylation sites (N-methyl/N-ethyl adjacent to an activating group) is 1. The van der Waals surface area contributed by atoms with Crippen LogP contribution in [0.1, 0.15) is 5.56 Å². The molecule has 0 aliphatic carbocycles. The average molecular weight is 265 g/mol. The van der Waals surface area contributed by atoms with Gasteiger partial charge in [0.15, 0.2) is 0 Å². The largest absolute Gasteiger partial charge is 0.378 e. The van der Waals surface area contributed by atoms with Crippen LogP contribution < -0.4 is 10.6 Å². The van der Waals surface area contributed by atoms with Crippen molar-refractivity contribution in [1.82, 2.24) is 15.5 Å². The zero-order valence-corrected chi connectivity index (χ0v) is 11.7. The van der Waals surface area contributed by atoms with Crippen molar-refractivity contribution >= 4 is 6.03 Å². The van der Waals surface area contributed by atoms with E-state index < -0.39 is 0 Å². The van der Waals surface area contributed by atoms with E-state index in [0.29, 0.717) is 26.3 Å². The maximum atomic E-state index is 11.5. The molecule has 106 valence electrons. The minimum Gasteiger partial charge on any atom is -0.378 e. The third kappa shape index (κ3) is 8.18. The standard InChI is InChI=1S/C14H23N3O2/c1-17(2)9-11-19-10-8-15-14(18)16-12-13-6-4-3-5-7-13/h3-7H,8-12H2,1-2H3,(H2,15,16,18). The lowest BCUT2D eigenvalue weighted by atomic mass is 10.2. The molecule has 2 amide bonds. The van der Waals surface area contributed by atoms with E-state index in [1.807, 2.05) is 44.4 Å². The molecule has 0 spiro atoms. The van der Waals surface area contributed by atoms with Crippen LogP contribution in [0.2, 0.25) is 0 Å². The third-order valence-corrected chi connectivity index (χ3v) is 2.51. The second-order valence-corrected chi connectivity index (χ2v) is 4.51. The van der Waals surface area contributed by atoms with Crippen molar-refractivity contribution in [1.29, 1.82) is 0 Å². The predicted octanol–water partition coefficient (Wildman–Crippen LogP) is 1.06. The Kier molecular flexibility index (Phi) is 7.62. The van der Waals surface area contributed by atoms with Gasteiger partial charge in [0, 0.05) is 19.6 Å². The van der Waals surface area contributed by atoms with Crippen LogP contribution in [0, 0.1) is 0 Å². The maximum Gasteiger partial charge on any atom is 0.315 e. The van der Waals surface area contributed by atoms with Crippen molar-refractivity contribution in [3.8, 4) is 0 Å². The van der Waals surface area contributed by atoms with Gasteiger partial charge in [0.1, 0.15) is 0 Å². The first-order valence-corrected chi connectivity index (χ1v) is 6.46. The van der Waals surface area contributed by atoms with Crippen LogP contribution in [0.4, 0.5) is 4.79 Å². The Hall–Kier alpha value is -1.59. The van der Waals surface area contributed by atoms with Gasteiger partial charge in [-0.1, -0.05) is 30.3 Å². The average Bonchev–Trinajstić information content (AvgIpc) is 2.41. The quantitative estimate of drug-likeness (QED) is 0.691. The fraction of sp³-hybridized carbons (Fsp3) is 0.500. The number of hydrogen-bond donors (Lipinski definition) is 2. The van der Waals surface area contributed by atoms with Crippen molar-refractivity contribution in [2.45, 2.75) is 6.54 Å². The molecule has 0 radical (unpaired) electrons. The zero-order valence-electron chi connectivity index (χ0n) is 11.7. The first-order valence-electron chi connectivity index (χ1n) is 6.46. The highest BCUT2D eigenvalue weighted by Gasteiger charge is 1.99. The molecule has 1 aromatic carbocycles. The van der Waals surface area contributed by atoms with Gasteiger partial charge < -0.3 is 20.3 Å². The maximum absolute atomic E-state index is 11.5. The summed E-state index contributed by atoms with van der Waals surface area (Å²) in [5.74, 6) is 0. The number of ether oxygens (including phenoxy) is 1. The fourth-order valence-electron chi connectivity index (χ4n) is 1.43. The third-order valence-electron chi connectivity index (χ3n) is 2.51. The van der Waals surface area contributed by atoms with Crippen LogP contribution in [0.15, 0.2) is 30.3 Å². The van der Waals surface area contributed by atoms with Crippen LogP contribution in [0.5, 0.6) is 0 Å². The first-order chi connectivity index (χ1) is 9.18. The van der Waals surface area contributed by atoms with E-state index in [1.54, 1.807) is 0 Å². The molecule has 1 rings (SSSR count). The Morgan fingerprint density at radius 2 is 1.89 bits per heavy atom. The lowest BCUT2D eigenvalue weighted by Crippen LogP contribution is -2.37. The van der Waals surface area contributed by atoms with E-state index >= 15 is 0 Å². The summed E-state index contributed by atoms with van der Waals surface area (Å²) < 4.78 is 5.37. The minimum atomic E-state index is -0.167. The van der Waals surface area contributed by atoms with Crippen LogP contribution in [0.25, 0.3) is 0 Å². The van der Waals surface area contributed by atoms with Crippen LogP contribution in [-0.2, 0) is 11.3 Å². The Morgan fingerprint density at radius 1 is 1.16 bits per heavy atom. The second kappa shape index (κ2) is 9.35. The van der Waals surface area contributed by atoms with Crippen molar-refractivity contribution in [3.05, 3.63) is 35.9 Å². The van der Waals surface area contributed by atoms with Gasteiger partial charge in [0.25, 0.3) is 0 Å². The topological polar surface area (TPSA) is 53.6 Å². The van der Waals surface area contributed by atoms with Gasteiger partial charge in [-0.2, -0.15) is 0 Å². The molecule has 19 heavy (non-hydrogen) atoms. The van der Waals surface area contributed by atoms with Gasteiger partial charge in [0.2, 0.25) is 0 Å². The summed E-state index contributed by atoms with van der Waals surface area (Å²) in [6.07, 6.45) is 0. The van der Waals surface area contributed by atoms with Crippen molar-refractivity contribution in [2.24, 2.45) is 0 Å². The van der Waals surface area contributed by atoms with E-state index in [2.05, 4.69) is 15.5 Å². The summed E-state index contributed by atoms with van der Waals surface area (Å²) in [7, 11) is 4.00. The molecule has 0 saturated heterocycles. The Bertz CT molecular complexity index is 355. The summed E-state index contributed by atoms with van der Waals surface area (Å²) in [5.41, 5.74) is 1.08. The molecule has 0 heterocycles. The summed E-state index contributed by atoms with van der Waals surface area (Å²) in [5, 5.41) is 5.55. The number of carbonyl (C=O) groups is 1. The molecule has 0 aliphatic heterocycles. The van der Waals surface area contributed by atoms with E-state index in [0.717, 1.165) is 12.1 Å². The Labute approximate surface area is 114 Å². The predicted molar refractivity (Wildman–Crippen MR) is 76.1 cm³/mol. The summed E-state index contributed by atoms with van der Waals surface area (Å²) in [6, 6.07) is 9.64. The lowest BCUT2D eigenvalue weighted by Gasteiger charge is -2.10. The summed E-state index contributed by atoms with van der Waals surface area (Å²) >= 11 is 0. The molecular formula is C14H23N3O2. The molecule has 0 atom stereocenters. The van der Waals surface area contributed by atoms with Crippen LogP contribution in [-0.4, -0.2) is 51.3 Å². The zero-order chi connectivity index (χ0) is 13.9. The molecule has 0 fully saturated rings. The van der Waals surface area contributed by atoms with Gasteiger partial charge in [-0.25, -0.2) is 4.79 Å². The van der Waals surface area contributed by atoms with E-state index in [1.165, 1.54) is 0 Å². The molecule has 5 heteroatoms. The Morgan fingerprint density at radius 3 is 2.58 bits per heavy atom. The number of rotatable bonds is 8. The monoisotopic (exact) mass is 265 g/mol. The number of amides is 2. The number of carbonyl (C=O) groups excluding carboxylic acids is 1. The fourth-order valence-corrected chi connectivity index (χ4v) is 1.43. The highest BCUT2D eigenvalue weighted by molar-refractivity contribution is 5.73. The van der Waals surface area contributed by atoms with Gasteiger partial charge in [0.05, 0.1) is 13.2 Å². The number of hydrogen-bond acceptors (Lipinski definition) is 3. The van der Waals surface area contributed by atoms with Crippen LogP contribution >= 0.6 is 0 Å². The van der Waals surface area contributed by atoms with E-state index in [9.17, 15) is 4.79 Å². The minimum absolute atomic E-state index is 0.167. The van der Waals surface area contributed by atoms with Gasteiger partial charge in [-0.05, 0) is 19.7 Å². The smallest absolute Gasteiger partial charge is 0.315 e. The first kappa shape index (κ1) is 15.5. The molecule has 0 aliphatic rings. The molecule has 0 saturated carbocycles. The van der Waals surface area contributed by atoms with Crippen LogP contribution in [0.3, 0.4) is 0 Å². The Balaban J connectivity index is 1.99. The molecule has 0 unspecified atom stereocenters.